The number of nitrogens with one attached hydrogen (secondary N) is 1. The third-order valence-corrected chi connectivity index (χ3v) is 2.58. The van der Waals surface area contributed by atoms with E-state index in [1.165, 1.54) is 0 Å². The lowest BCUT2D eigenvalue weighted by Gasteiger charge is -2.15. The molecule has 0 heterocycles. The Morgan fingerprint density at radius 1 is 1.29 bits per heavy atom. The molecule has 1 rings (SSSR count). The molecule has 1 aromatic rings. The zero-order chi connectivity index (χ0) is 12.7. The van der Waals surface area contributed by atoms with Crippen LogP contribution < -0.4 is 5.32 Å². The Balaban J connectivity index is 2.65. The SMILES string of the molecule is COC(OC)c1cccc(CNC(C)CO)c1. The molecule has 0 aromatic heterocycles. The minimum atomic E-state index is -0.329. The fourth-order valence-corrected chi connectivity index (χ4v) is 1.57. The van der Waals surface area contributed by atoms with Crippen LogP contribution in [0.5, 0.6) is 0 Å². The van der Waals surface area contributed by atoms with Gasteiger partial charge in [0, 0.05) is 32.4 Å². The third-order valence-electron chi connectivity index (χ3n) is 2.58. The molecule has 0 amide bonds. The van der Waals surface area contributed by atoms with Gasteiger partial charge in [-0.2, -0.15) is 0 Å². The van der Waals surface area contributed by atoms with Crippen molar-refractivity contribution in [3.63, 3.8) is 0 Å². The minimum absolute atomic E-state index is 0.0966. The van der Waals surface area contributed by atoms with E-state index in [1.54, 1.807) is 14.2 Å². The number of aliphatic hydroxyl groups excluding tert-OH is 1. The summed E-state index contributed by atoms with van der Waals surface area (Å²) >= 11 is 0. The van der Waals surface area contributed by atoms with Gasteiger partial charge in [0.15, 0.2) is 6.29 Å². The zero-order valence-electron chi connectivity index (χ0n) is 10.6. The lowest BCUT2D eigenvalue weighted by Crippen LogP contribution is -2.28. The minimum Gasteiger partial charge on any atom is -0.395 e. The largest absolute Gasteiger partial charge is 0.395 e. The Labute approximate surface area is 103 Å². The second-order valence-corrected chi connectivity index (χ2v) is 4.01. The van der Waals surface area contributed by atoms with Gasteiger partial charge in [0.1, 0.15) is 0 Å². The smallest absolute Gasteiger partial charge is 0.183 e. The van der Waals surface area contributed by atoms with Crippen molar-refractivity contribution in [2.24, 2.45) is 0 Å². The molecule has 17 heavy (non-hydrogen) atoms. The van der Waals surface area contributed by atoms with Gasteiger partial charge in [0.05, 0.1) is 6.61 Å². The predicted molar refractivity (Wildman–Crippen MR) is 66.6 cm³/mol. The monoisotopic (exact) mass is 239 g/mol. The van der Waals surface area contributed by atoms with Gasteiger partial charge in [-0.3, -0.25) is 0 Å². The van der Waals surface area contributed by atoms with Crippen molar-refractivity contribution in [2.75, 3.05) is 20.8 Å². The Bertz CT molecular complexity index is 326. The van der Waals surface area contributed by atoms with Gasteiger partial charge in [-0.05, 0) is 18.6 Å². The highest BCUT2D eigenvalue weighted by molar-refractivity contribution is 5.24. The lowest BCUT2D eigenvalue weighted by atomic mass is 10.1. The molecule has 2 N–H and O–H groups in total. The van der Waals surface area contributed by atoms with Crippen LogP contribution in [0.3, 0.4) is 0 Å². The second kappa shape index (κ2) is 7.40. The van der Waals surface area contributed by atoms with Crippen LogP contribution in [-0.4, -0.2) is 32.0 Å². The van der Waals surface area contributed by atoms with E-state index < -0.39 is 0 Å². The molecule has 0 aliphatic carbocycles. The molecule has 4 heteroatoms. The van der Waals surface area contributed by atoms with E-state index in [-0.39, 0.29) is 18.9 Å². The highest BCUT2D eigenvalue weighted by atomic mass is 16.7. The summed E-state index contributed by atoms with van der Waals surface area (Å²) in [6.07, 6.45) is -0.329. The summed E-state index contributed by atoms with van der Waals surface area (Å²) in [6, 6.07) is 8.11. The summed E-state index contributed by atoms with van der Waals surface area (Å²) in [6.45, 7) is 2.80. The first kappa shape index (κ1) is 14.1. The number of hydrogen-bond donors (Lipinski definition) is 2. The molecular formula is C13H21NO3. The molecule has 0 bridgehead atoms. The van der Waals surface area contributed by atoms with Gasteiger partial charge in [-0.25, -0.2) is 0 Å². The van der Waals surface area contributed by atoms with E-state index in [0.717, 1.165) is 17.7 Å². The van der Waals surface area contributed by atoms with Crippen molar-refractivity contribution >= 4 is 0 Å². The molecule has 0 radical (unpaired) electrons. The number of hydrogen-bond acceptors (Lipinski definition) is 4. The molecule has 1 unspecified atom stereocenters. The van der Waals surface area contributed by atoms with Gasteiger partial charge in [-0.1, -0.05) is 18.2 Å². The van der Waals surface area contributed by atoms with Gasteiger partial charge >= 0.3 is 0 Å². The maximum Gasteiger partial charge on any atom is 0.183 e. The van der Waals surface area contributed by atoms with Gasteiger partial charge in [-0.15, -0.1) is 0 Å². The molecule has 0 saturated carbocycles. The Hall–Kier alpha value is -0.940. The first-order valence-electron chi connectivity index (χ1n) is 5.70. The van der Waals surface area contributed by atoms with E-state index in [1.807, 2.05) is 31.2 Å². The molecule has 0 spiro atoms. The molecule has 0 aliphatic rings. The van der Waals surface area contributed by atoms with Crippen LogP contribution in [0.25, 0.3) is 0 Å². The highest BCUT2D eigenvalue weighted by Gasteiger charge is 2.09. The molecule has 0 fully saturated rings. The van der Waals surface area contributed by atoms with E-state index in [0.29, 0.717) is 0 Å². The number of benzene rings is 1. The maximum absolute atomic E-state index is 8.93. The van der Waals surface area contributed by atoms with E-state index in [2.05, 4.69) is 5.32 Å². The molecule has 4 nitrogen and oxygen atoms in total. The van der Waals surface area contributed by atoms with Gasteiger partial charge < -0.3 is 19.9 Å². The quantitative estimate of drug-likeness (QED) is 0.707. The van der Waals surface area contributed by atoms with Crippen LogP contribution in [0.15, 0.2) is 24.3 Å². The lowest BCUT2D eigenvalue weighted by molar-refractivity contribution is -0.106. The van der Waals surface area contributed by atoms with Crippen molar-refractivity contribution in [3.8, 4) is 0 Å². The van der Waals surface area contributed by atoms with Crippen LogP contribution >= 0.6 is 0 Å². The zero-order valence-corrected chi connectivity index (χ0v) is 10.6. The standard InChI is InChI=1S/C13H21NO3/c1-10(9-15)14-8-11-5-4-6-12(7-11)13(16-2)17-3/h4-7,10,13-15H,8-9H2,1-3H3. The molecular weight excluding hydrogens is 218 g/mol. The van der Waals surface area contributed by atoms with Crippen molar-refractivity contribution < 1.29 is 14.6 Å². The predicted octanol–water partition coefficient (Wildman–Crippen LogP) is 1.45. The first-order valence-corrected chi connectivity index (χ1v) is 5.70. The second-order valence-electron chi connectivity index (χ2n) is 4.01. The van der Waals surface area contributed by atoms with Crippen LogP contribution in [0.1, 0.15) is 24.3 Å². The van der Waals surface area contributed by atoms with Crippen LogP contribution in [0, 0.1) is 0 Å². The number of methoxy groups -OCH3 is 2. The number of ether oxygens (including phenoxy) is 2. The summed E-state index contributed by atoms with van der Waals surface area (Å²) in [5, 5.41) is 12.1. The number of aliphatic hydroxyl groups is 1. The summed E-state index contributed by atoms with van der Waals surface area (Å²) in [5.74, 6) is 0. The molecule has 96 valence electrons. The van der Waals surface area contributed by atoms with Crippen molar-refractivity contribution in [1.82, 2.24) is 5.32 Å². The summed E-state index contributed by atoms with van der Waals surface area (Å²) < 4.78 is 10.4. The Kier molecular flexibility index (Phi) is 6.15. The molecule has 1 atom stereocenters. The summed E-state index contributed by atoms with van der Waals surface area (Å²) in [7, 11) is 3.24. The van der Waals surface area contributed by atoms with Gasteiger partial charge in [0.2, 0.25) is 0 Å². The van der Waals surface area contributed by atoms with Crippen molar-refractivity contribution in [2.45, 2.75) is 25.8 Å². The fraction of sp³-hybridized carbons (Fsp3) is 0.538. The molecule has 0 saturated heterocycles. The van der Waals surface area contributed by atoms with Crippen LogP contribution in [-0.2, 0) is 16.0 Å². The number of rotatable bonds is 7. The van der Waals surface area contributed by atoms with Gasteiger partial charge in [0.25, 0.3) is 0 Å². The van der Waals surface area contributed by atoms with Crippen LogP contribution in [0.2, 0.25) is 0 Å². The fourth-order valence-electron chi connectivity index (χ4n) is 1.57. The third kappa shape index (κ3) is 4.44. The first-order chi connectivity index (χ1) is 8.21. The van der Waals surface area contributed by atoms with Crippen molar-refractivity contribution in [1.29, 1.82) is 0 Å². The average molecular weight is 239 g/mol. The van der Waals surface area contributed by atoms with Crippen molar-refractivity contribution in [3.05, 3.63) is 35.4 Å². The highest BCUT2D eigenvalue weighted by Crippen LogP contribution is 2.18. The molecule has 0 aliphatic heterocycles. The average Bonchev–Trinajstić information content (AvgIpc) is 2.38. The molecule has 1 aromatic carbocycles. The Morgan fingerprint density at radius 2 is 2.00 bits per heavy atom. The topological polar surface area (TPSA) is 50.7 Å². The normalized spacial score (nSPS) is 13.0. The van der Waals surface area contributed by atoms with E-state index in [4.69, 9.17) is 14.6 Å². The summed E-state index contributed by atoms with van der Waals surface area (Å²) in [5.41, 5.74) is 2.13. The maximum atomic E-state index is 8.93. The van der Waals surface area contributed by atoms with E-state index >= 15 is 0 Å². The Morgan fingerprint density at radius 3 is 2.59 bits per heavy atom. The summed E-state index contributed by atoms with van der Waals surface area (Å²) in [4.78, 5) is 0. The van der Waals surface area contributed by atoms with E-state index in [9.17, 15) is 0 Å². The van der Waals surface area contributed by atoms with Crippen LogP contribution in [0.4, 0.5) is 0 Å².